The van der Waals surface area contributed by atoms with Crippen LogP contribution >= 0.6 is 0 Å². The molecule has 0 aromatic carbocycles. The molecular weight excluding hydrogens is 180 g/mol. The third-order valence-electron chi connectivity index (χ3n) is 2.58. The summed E-state index contributed by atoms with van der Waals surface area (Å²) in [5.74, 6) is 1.18. The lowest BCUT2D eigenvalue weighted by Crippen LogP contribution is -2.20. The summed E-state index contributed by atoms with van der Waals surface area (Å²) in [6.45, 7) is 0. The van der Waals surface area contributed by atoms with Gasteiger partial charge in [-0.25, -0.2) is 15.0 Å². The van der Waals surface area contributed by atoms with Crippen LogP contribution in [0.5, 0.6) is 0 Å². The van der Waals surface area contributed by atoms with Crippen LogP contribution in [0.4, 0.5) is 5.82 Å². The van der Waals surface area contributed by atoms with Gasteiger partial charge in [-0.15, -0.1) is 0 Å². The molecule has 0 unspecified atom stereocenters. The summed E-state index contributed by atoms with van der Waals surface area (Å²) in [5, 5.41) is 0. The maximum Gasteiger partial charge on any atom is 0.183 e. The minimum absolute atomic E-state index is 0.285. The molecule has 1 aliphatic rings. The first-order valence-corrected chi connectivity index (χ1v) is 4.45. The van der Waals surface area contributed by atoms with Gasteiger partial charge in [-0.05, 0) is 12.8 Å². The Morgan fingerprint density at radius 1 is 1.36 bits per heavy atom. The number of fused-ring (bicyclic) bond motifs is 1. The minimum atomic E-state index is -0.285. The number of aromatic amines is 1. The first-order chi connectivity index (χ1) is 6.69. The van der Waals surface area contributed by atoms with Crippen molar-refractivity contribution in [2.75, 3.05) is 5.73 Å². The predicted molar refractivity (Wildman–Crippen MR) is 51.2 cm³/mol. The standard InChI is InChI=1S/C8H10N6/c9-5-4-6(12-3-11-5)14-7(13-4)8(10)1-2-8/h3H,1-2,10H2,(H3,9,11,12,13,14). The van der Waals surface area contributed by atoms with E-state index < -0.39 is 0 Å². The Morgan fingerprint density at radius 3 is 2.79 bits per heavy atom. The molecule has 6 heteroatoms. The third-order valence-corrected chi connectivity index (χ3v) is 2.58. The van der Waals surface area contributed by atoms with Gasteiger partial charge in [0.2, 0.25) is 0 Å². The lowest BCUT2D eigenvalue weighted by molar-refractivity contribution is 0.688. The van der Waals surface area contributed by atoms with Gasteiger partial charge in [0.15, 0.2) is 11.5 Å². The average molecular weight is 190 g/mol. The van der Waals surface area contributed by atoms with Crippen LogP contribution in [0, 0.1) is 0 Å². The Morgan fingerprint density at radius 2 is 2.14 bits per heavy atom. The van der Waals surface area contributed by atoms with Gasteiger partial charge in [-0.1, -0.05) is 0 Å². The van der Waals surface area contributed by atoms with Crippen LogP contribution in [0.25, 0.3) is 11.2 Å². The minimum Gasteiger partial charge on any atom is -0.382 e. The van der Waals surface area contributed by atoms with E-state index in [-0.39, 0.29) is 5.54 Å². The summed E-state index contributed by atoms with van der Waals surface area (Å²) >= 11 is 0. The van der Waals surface area contributed by atoms with Crippen molar-refractivity contribution in [2.45, 2.75) is 18.4 Å². The topological polar surface area (TPSA) is 106 Å². The van der Waals surface area contributed by atoms with Crippen molar-refractivity contribution in [1.82, 2.24) is 19.9 Å². The maximum absolute atomic E-state index is 6.00. The quantitative estimate of drug-likeness (QED) is 0.581. The van der Waals surface area contributed by atoms with E-state index >= 15 is 0 Å². The van der Waals surface area contributed by atoms with Crippen molar-refractivity contribution in [2.24, 2.45) is 5.73 Å². The van der Waals surface area contributed by atoms with Crippen molar-refractivity contribution in [1.29, 1.82) is 0 Å². The second-order valence-corrected chi connectivity index (χ2v) is 3.70. The number of nitrogen functional groups attached to an aromatic ring is 1. The highest BCUT2D eigenvalue weighted by Gasteiger charge is 2.43. The molecule has 72 valence electrons. The number of nitrogens with one attached hydrogen (secondary N) is 1. The van der Waals surface area contributed by atoms with Crippen LogP contribution in [0.3, 0.4) is 0 Å². The summed E-state index contributed by atoms with van der Waals surface area (Å²) in [5.41, 5.74) is 12.7. The first-order valence-electron chi connectivity index (χ1n) is 4.45. The second kappa shape index (κ2) is 2.21. The Hall–Kier alpha value is -1.69. The number of rotatable bonds is 1. The zero-order valence-corrected chi connectivity index (χ0v) is 7.49. The van der Waals surface area contributed by atoms with Gasteiger partial charge >= 0.3 is 0 Å². The maximum atomic E-state index is 6.00. The van der Waals surface area contributed by atoms with Gasteiger partial charge in [0.1, 0.15) is 17.7 Å². The number of H-pyrrole nitrogens is 1. The molecule has 6 nitrogen and oxygen atoms in total. The highest BCUT2D eigenvalue weighted by molar-refractivity contribution is 5.81. The lowest BCUT2D eigenvalue weighted by atomic mass is 10.3. The van der Waals surface area contributed by atoms with Gasteiger partial charge in [-0.2, -0.15) is 0 Å². The first kappa shape index (κ1) is 7.69. The molecule has 0 aliphatic heterocycles. The summed E-state index contributed by atoms with van der Waals surface area (Å²) < 4.78 is 0. The van der Waals surface area contributed by atoms with Crippen LogP contribution in [0.1, 0.15) is 18.7 Å². The largest absolute Gasteiger partial charge is 0.382 e. The SMILES string of the molecule is Nc1ncnc2nc(C3(N)CC3)[nH]c12. The van der Waals surface area contributed by atoms with Gasteiger partial charge < -0.3 is 16.5 Å². The number of nitrogens with two attached hydrogens (primary N) is 2. The van der Waals surface area contributed by atoms with E-state index in [1.807, 2.05) is 0 Å². The number of hydrogen-bond donors (Lipinski definition) is 3. The Bertz CT molecular complexity index is 498. The monoisotopic (exact) mass is 190 g/mol. The fourth-order valence-corrected chi connectivity index (χ4v) is 1.45. The average Bonchev–Trinajstić information content (AvgIpc) is 2.77. The van der Waals surface area contributed by atoms with Crippen LogP contribution in [0.2, 0.25) is 0 Å². The Balaban J connectivity index is 2.25. The lowest BCUT2D eigenvalue weighted by Gasteiger charge is -2.01. The van der Waals surface area contributed by atoms with E-state index in [2.05, 4.69) is 19.9 Å². The van der Waals surface area contributed by atoms with Crippen molar-refractivity contribution in [3.8, 4) is 0 Å². The highest BCUT2D eigenvalue weighted by atomic mass is 15.1. The molecule has 3 rings (SSSR count). The molecule has 1 fully saturated rings. The van der Waals surface area contributed by atoms with Crippen LogP contribution in [-0.2, 0) is 5.54 Å². The predicted octanol–water partition coefficient (Wildman–Crippen LogP) is -0.117. The molecule has 1 saturated carbocycles. The van der Waals surface area contributed by atoms with Gasteiger partial charge in [0, 0.05) is 0 Å². The number of hydrogen-bond acceptors (Lipinski definition) is 5. The molecule has 0 radical (unpaired) electrons. The van der Waals surface area contributed by atoms with Crippen molar-refractivity contribution in [3.05, 3.63) is 12.2 Å². The molecule has 0 spiro atoms. The zero-order valence-electron chi connectivity index (χ0n) is 7.49. The summed E-state index contributed by atoms with van der Waals surface area (Å²) in [6, 6.07) is 0. The van der Waals surface area contributed by atoms with Gasteiger partial charge in [0.05, 0.1) is 5.54 Å². The molecule has 2 aromatic heterocycles. The molecule has 2 aromatic rings. The van der Waals surface area contributed by atoms with Crippen LogP contribution in [-0.4, -0.2) is 19.9 Å². The van der Waals surface area contributed by atoms with E-state index in [1.54, 1.807) is 0 Å². The summed E-state index contributed by atoms with van der Waals surface area (Å²) in [4.78, 5) is 15.3. The van der Waals surface area contributed by atoms with Crippen molar-refractivity contribution in [3.63, 3.8) is 0 Å². The number of aromatic nitrogens is 4. The number of imidazole rings is 1. The van der Waals surface area contributed by atoms with Crippen LogP contribution < -0.4 is 11.5 Å². The molecule has 0 atom stereocenters. The molecule has 0 bridgehead atoms. The van der Waals surface area contributed by atoms with Crippen molar-refractivity contribution >= 4 is 17.0 Å². The van der Waals surface area contributed by atoms with Crippen LogP contribution in [0.15, 0.2) is 6.33 Å². The molecule has 2 heterocycles. The number of anilines is 1. The molecule has 0 saturated heterocycles. The molecule has 0 amide bonds. The molecular formula is C8H10N6. The summed E-state index contributed by atoms with van der Waals surface area (Å²) in [7, 11) is 0. The Kier molecular flexibility index (Phi) is 1.22. The fraction of sp³-hybridized carbons (Fsp3) is 0.375. The van der Waals surface area contributed by atoms with E-state index in [9.17, 15) is 0 Å². The molecule has 14 heavy (non-hydrogen) atoms. The second-order valence-electron chi connectivity index (χ2n) is 3.70. The van der Waals surface area contributed by atoms with E-state index in [0.29, 0.717) is 17.0 Å². The zero-order chi connectivity index (χ0) is 9.76. The van der Waals surface area contributed by atoms with Crippen molar-refractivity contribution < 1.29 is 0 Å². The van der Waals surface area contributed by atoms with E-state index in [1.165, 1.54) is 6.33 Å². The van der Waals surface area contributed by atoms with Gasteiger partial charge in [-0.3, -0.25) is 0 Å². The fourth-order valence-electron chi connectivity index (χ4n) is 1.45. The smallest absolute Gasteiger partial charge is 0.183 e. The van der Waals surface area contributed by atoms with E-state index in [0.717, 1.165) is 18.7 Å². The molecule has 1 aliphatic carbocycles. The Labute approximate surface area is 79.7 Å². The molecule has 5 N–H and O–H groups in total. The normalized spacial score (nSPS) is 18.6. The number of nitrogens with zero attached hydrogens (tertiary/aromatic N) is 3. The summed E-state index contributed by atoms with van der Waals surface area (Å²) in [6.07, 6.45) is 3.32. The highest BCUT2D eigenvalue weighted by Crippen LogP contribution is 2.41. The third kappa shape index (κ3) is 0.912. The van der Waals surface area contributed by atoms with Gasteiger partial charge in [0.25, 0.3) is 0 Å². The van der Waals surface area contributed by atoms with E-state index in [4.69, 9.17) is 11.5 Å².